The molecule has 0 heterocycles. The zero-order valence-corrected chi connectivity index (χ0v) is 10.7. The van der Waals surface area contributed by atoms with Crippen molar-refractivity contribution in [3.8, 4) is 0 Å². The Morgan fingerprint density at radius 2 is 1.94 bits per heavy atom. The molecule has 4 nitrogen and oxygen atoms in total. The summed E-state index contributed by atoms with van der Waals surface area (Å²) in [6, 6.07) is 6.87. The molecule has 0 aliphatic heterocycles. The van der Waals surface area contributed by atoms with Gasteiger partial charge in [-0.05, 0) is 32.9 Å². The largest absolute Gasteiger partial charge is 0.325 e. The fraction of sp³-hybridized carbons (Fsp3) is 0.385. The SMILES string of the molecule is CC(=O)c1cccc(NC(=O)N(C)C(C)C)c1. The van der Waals surface area contributed by atoms with Gasteiger partial charge < -0.3 is 10.2 Å². The Morgan fingerprint density at radius 1 is 1.29 bits per heavy atom. The van der Waals surface area contributed by atoms with Crippen LogP contribution >= 0.6 is 0 Å². The number of amides is 2. The van der Waals surface area contributed by atoms with Gasteiger partial charge in [0.15, 0.2) is 5.78 Å². The van der Waals surface area contributed by atoms with Crippen LogP contribution in [0, 0.1) is 0 Å². The van der Waals surface area contributed by atoms with Crippen molar-refractivity contribution in [3.05, 3.63) is 29.8 Å². The van der Waals surface area contributed by atoms with Gasteiger partial charge in [-0.3, -0.25) is 4.79 Å². The zero-order valence-electron chi connectivity index (χ0n) is 10.7. The van der Waals surface area contributed by atoms with E-state index in [1.807, 2.05) is 13.8 Å². The van der Waals surface area contributed by atoms with Crippen molar-refractivity contribution in [1.82, 2.24) is 4.90 Å². The van der Waals surface area contributed by atoms with Crippen LogP contribution in [0.2, 0.25) is 0 Å². The highest BCUT2D eigenvalue weighted by Crippen LogP contribution is 2.12. The van der Waals surface area contributed by atoms with Crippen LogP contribution in [0.3, 0.4) is 0 Å². The van der Waals surface area contributed by atoms with Crippen molar-refractivity contribution in [3.63, 3.8) is 0 Å². The molecule has 4 heteroatoms. The van der Waals surface area contributed by atoms with E-state index in [9.17, 15) is 9.59 Å². The fourth-order valence-corrected chi connectivity index (χ4v) is 1.26. The van der Waals surface area contributed by atoms with Gasteiger partial charge in [0.1, 0.15) is 0 Å². The van der Waals surface area contributed by atoms with E-state index in [4.69, 9.17) is 0 Å². The lowest BCUT2D eigenvalue weighted by Crippen LogP contribution is -2.36. The Kier molecular flexibility index (Phi) is 4.26. The zero-order chi connectivity index (χ0) is 13.0. The Morgan fingerprint density at radius 3 is 2.47 bits per heavy atom. The van der Waals surface area contributed by atoms with E-state index in [2.05, 4.69) is 5.32 Å². The second-order valence-corrected chi connectivity index (χ2v) is 4.27. The van der Waals surface area contributed by atoms with Crippen molar-refractivity contribution < 1.29 is 9.59 Å². The minimum atomic E-state index is -0.180. The maximum Gasteiger partial charge on any atom is 0.321 e. The van der Waals surface area contributed by atoms with Gasteiger partial charge in [0.25, 0.3) is 0 Å². The first-order valence-electron chi connectivity index (χ1n) is 5.56. The van der Waals surface area contributed by atoms with Crippen molar-refractivity contribution in [2.24, 2.45) is 0 Å². The monoisotopic (exact) mass is 234 g/mol. The maximum atomic E-state index is 11.8. The fourth-order valence-electron chi connectivity index (χ4n) is 1.26. The summed E-state index contributed by atoms with van der Waals surface area (Å²) in [5.41, 5.74) is 1.23. The van der Waals surface area contributed by atoms with Crippen LogP contribution in [0.15, 0.2) is 24.3 Å². The molecule has 1 N–H and O–H groups in total. The summed E-state index contributed by atoms with van der Waals surface area (Å²) in [5.74, 6) is -0.0155. The molecule has 17 heavy (non-hydrogen) atoms. The van der Waals surface area contributed by atoms with Gasteiger partial charge in [-0.1, -0.05) is 12.1 Å². The van der Waals surface area contributed by atoms with Crippen LogP contribution in [0.1, 0.15) is 31.1 Å². The van der Waals surface area contributed by atoms with Gasteiger partial charge in [-0.2, -0.15) is 0 Å². The molecule has 1 aromatic carbocycles. The number of benzene rings is 1. The Hall–Kier alpha value is -1.84. The van der Waals surface area contributed by atoms with Crippen LogP contribution in [-0.4, -0.2) is 29.8 Å². The third-order valence-electron chi connectivity index (χ3n) is 2.62. The van der Waals surface area contributed by atoms with Crippen molar-refractivity contribution in [2.75, 3.05) is 12.4 Å². The molecule has 0 unspecified atom stereocenters. The standard InChI is InChI=1S/C13H18N2O2/c1-9(2)15(4)13(17)14-12-7-5-6-11(8-12)10(3)16/h5-9H,1-4H3,(H,14,17). The molecule has 0 aliphatic rings. The van der Waals surface area contributed by atoms with Crippen LogP contribution in [0.4, 0.5) is 10.5 Å². The lowest BCUT2D eigenvalue weighted by atomic mass is 10.1. The van der Waals surface area contributed by atoms with Crippen molar-refractivity contribution in [1.29, 1.82) is 0 Å². The number of rotatable bonds is 3. The highest BCUT2D eigenvalue weighted by atomic mass is 16.2. The lowest BCUT2D eigenvalue weighted by Gasteiger charge is -2.21. The van der Waals surface area contributed by atoms with Crippen molar-refractivity contribution >= 4 is 17.5 Å². The average Bonchev–Trinajstić information content (AvgIpc) is 2.28. The van der Waals surface area contributed by atoms with Crippen molar-refractivity contribution in [2.45, 2.75) is 26.8 Å². The van der Waals surface area contributed by atoms with Gasteiger partial charge in [0.2, 0.25) is 0 Å². The molecule has 0 aliphatic carbocycles. The number of nitrogens with zero attached hydrogens (tertiary/aromatic N) is 1. The number of anilines is 1. The topological polar surface area (TPSA) is 49.4 Å². The molecule has 0 saturated heterocycles. The van der Waals surface area contributed by atoms with E-state index < -0.39 is 0 Å². The molecule has 0 atom stereocenters. The van der Waals surface area contributed by atoms with E-state index >= 15 is 0 Å². The number of hydrogen-bond donors (Lipinski definition) is 1. The first kappa shape index (κ1) is 13.2. The third kappa shape index (κ3) is 3.59. The minimum absolute atomic E-state index is 0.0155. The molecule has 1 aromatic rings. The molecule has 92 valence electrons. The summed E-state index contributed by atoms with van der Waals surface area (Å²) in [7, 11) is 1.73. The normalized spacial score (nSPS) is 10.2. The number of urea groups is 1. The quantitative estimate of drug-likeness (QED) is 0.817. The first-order valence-corrected chi connectivity index (χ1v) is 5.56. The summed E-state index contributed by atoms with van der Waals surface area (Å²) in [6.07, 6.45) is 0. The molecule has 1 rings (SSSR count). The predicted octanol–water partition coefficient (Wildman–Crippen LogP) is 2.76. The molecule has 0 saturated carbocycles. The summed E-state index contributed by atoms with van der Waals surface area (Å²) in [5, 5.41) is 2.75. The van der Waals surface area contributed by atoms with Gasteiger partial charge in [0, 0.05) is 24.3 Å². The first-order chi connectivity index (χ1) is 7.91. The predicted molar refractivity (Wildman–Crippen MR) is 68.4 cm³/mol. The lowest BCUT2D eigenvalue weighted by molar-refractivity contribution is 0.101. The smallest absolute Gasteiger partial charge is 0.321 e. The number of carbonyl (C=O) groups is 2. The molecule has 0 bridgehead atoms. The molecule has 0 radical (unpaired) electrons. The minimum Gasteiger partial charge on any atom is -0.325 e. The average molecular weight is 234 g/mol. The summed E-state index contributed by atoms with van der Waals surface area (Å²) in [6.45, 7) is 5.37. The van der Waals surface area contributed by atoms with Crippen LogP contribution in [0.5, 0.6) is 0 Å². The van der Waals surface area contributed by atoms with E-state index in [1.54, 1.807) is 36.2 Å². The molecular weight excluding hydrogens is 216 g/mol. The summed E-state index contributed by atoms with van der Waals surface area (Å²) < 4.78 is 0. The van der Waals surface area contributed by atoms with Crippen LogP contribution in [0.25, 0.3) is 0 Å². The highest BCUT2D eigenvalue weighted by Gasteiger charge is 2.12. The maximum absolute atomic E-state index is 11.8. The van der Waals surface area contributed by atoms with Gasteiger partial charge in [0.05, 0.1) is 0 Å². The second-order valence-electron chi connectivity index (χ2n) is 4.27. The number of ketones is 1. The van der Waals surface area contributed by atoms with Gasteiger partial charge in [-0.15, -0.1) is 0 Å². The highest BCUT2D eigenvalue weighted by molar-refractivity contribution is 5.96. The molecule has 0 aromatic heterocycles. The number of carbonyl (C=O) groups excluding carboxylic acids is 2. The van der Waals surface area contributed by atoms with E-state index in [-0.39, 0.29) is 17.9 Å². The number of hydrogen-bond acceptors (Lipinski definition) is 2. The van der Waals surface area contributed by atoms with Gasteiger partial charge in [-0.25, -0.2) is 4.79 Å². The number of Topliss-reactive ketones (excluding diaryl/α,β-unsaturated/α-hetero) is 1. The van der Waals surface area contributed by atoms with E-state index in [1.165, 1.54) is 6.92 Å². The Bertz CT molecular complexity index is 427. The van der Waals surface area contributed by atoms with E-state index in [0.717, 1.165) is 0 Å². The van der Waals surface area contributed by atoms with Crippen LogP contribution < -0.4 is 5.32 Å². The second kappa shape index (κ2) is 5.48. The number of nitrogens with one attached hydrogen (secondary N) is 1. The molecule has 2 amide bonds. The van der Waals surface area contributed by atoms with Gasteiger partial charge >= 0.3 is 6.03 Å². The Balaban J connectivity index is 2.78. The third-order valence-corrected chi connectivity index (χ3v) is 2.62. The molecule has 0 spiro atoms. The van der Waals surface area contributed by atoms with Crippen LogP contribution in [-0.2, 0) is 0 Å². The molecule has 0 fully saturated rings. The summed E-state index contributed by atoms with van der Waals surface area (Å²) in [4.78, 5) is 24.6. The molecular formula is C13H18N2O2. The van der Waals surface area contributed by atoms with E-state index in [0.29, 0.717) is 11.3 Å². The summed E-state index contributed by atoms with van der Waals surface area (Å²) >= 11 is 0. The Labute approximate surface area is 102 Å².